The third kappa shape index (κ3) is 2.73. The Balaban J connectivity index is 3.10. The van der Waals surface area contributed by atoms with Gasteiger partial charge >= 0.3 is 5.97 Å². The maximum Gasteiger partial charge on any atom is 0.339 e. The Morgan fingerprint density at radius 2 is 2.27 bits per heavy atom. The van der Waals surface area contributed by atoms with Crippen LogP contribution in [0.4, 0.5) is 5.69 Å². The van der Waals surface area contributed by atoms with Crippen molar-refractivity contribution >= 4 is 11.7 Å². The Morgan fingerprint density at radius 3 is 2.87 bits per heavy atom. The van der Waals surface area contributed by atoms with Gasteiger partial charge in [-0.3, -0.25) is 0 Å². The molecule has 0 saturated carbocycles. The van der Waals surface area contributed by atoms with Crippen molar-refractivity contribution in [1.82, 2.24) is 0 Å². The highest BCUT2D eigenvalue weighted by atomic mass is 16.5. The maximum atomic E-state index is 11.3. The number of esters is 1. The van der Waals surface area contributed by atoms with E-state index in [1.54, 1.807) is 18.2 Å². The van der Waals surface area contributed by atoms with E-state index in [-0.39, 0.29) is 6.54 Å². The fraction of sp³-hybridized carbons (Fsp3) is 0.182. The standard InChI is InChI=1S/C11H12N2O2/c1-15-11(14)9-7-8(3-2-6-12)4-5-10(9)13/h4-5,7H,6,12-13H2,1H3. The van der Waals surface area contributed by atoms with E-state index in [1.807, 2.05) is 0 Å². The lowest BCUT2D eigenvalue weighted by atomic mass is 10.1. The summed E-state index contributed by atoms with van der Waals surface area (Å²) in [5, 5.41) is 0. The lowest BCUT2D eigenvalue weighted by Gasteiger charge is -2.03. The van der Waals surface area contributed by atoms with E-state index in [2.05, 4.69) is 16.6 Å². The van der Waals surface area contributed by atoms with Gasteiger partial charge in [0.1, 0.15) is 0 Å². The highest BCUT2D eigenvalue weighted by Gasteiger charge is 2.09. The molecule has 0 atom stereocenters. The van der Waals surface area contributed by atoms with Gasteiger partial charge in [0, 0.05) is 11.3 Å². The van der Waals surface area contributed by atoms with Gasteiger partial charge in [0.25, 0.3) is 0 Å². The molecule has 4 N–H and O–H groups in total. The second kappa shape index (κ2) is 5.03. The molecule has 0 radical (unpaired) electrons. The number of ether oxygens (including phenoxy) is 1. The van der Waals surface area contributed by atoms with E-state index in [0.717, 1.165) is 0 Å². The van der Waals surface area contributed by atoms with Gasteiger partial charge in [0.05, 0.1) is 19.2 Å². The number of carbonyl (C=O) groups excluding carboxylic acids is 1. The van der Waals surface area contributed by atoms with Crippen molar-refractivity contribution in [1.29, 1.82) is 0 Å². The Bertz CT molecular complexity index is 430. The van der Waals surface area contributed by atoms with E-state index in [0.29, 0.717) is 16.8 Å². The van der Waals surface area contributed by atoms with E-state index in [1.165, 1.54) is 7.11 Å². The number of hydrogen-bond acceptors (Lipinski definition) is 4. The van der Waals surface area contributed by atoms with Crippen molar-refractivity contribution in [3.63, 3.8) is 0 Å². The first-order chi connectivity index (χ1) is 7.19. The van der Waals surface area contributed by atoms with Crippen LogP contribution in [-0.2, 0) is 4.74 Å². The number of carbonyl (C=O) groups is 1. The molecular weight excluding hydrogens is 192 g/mol. The second-order valence-electron chi connectivity index (χ2n) is 2.80. The molecule has 0 fully saturated rings. The molecule has 0 saturated heterocycles. The fourth-order valence-corrected chi connectivity index (χ4v) is 1.07. The predicted octanol–water partition coefficient (Wildman–Crippen LogP) is 0.366. The second-order valence-corrected chi connectivity index (χ2v) is 2.80. The van der Waals surface area contributed by atoms with Crippen LogP contribution in [0.1, 0.15) is 15.9 Å². The quantitative estimate of drug-likeness (QED) is 0.393. The molecule has 0 unspecified atom stereocenters. The topological polar surface area (TPSA) is 78.3 Å². The van der Waals surface area contributed by atoms with E-state index < -0.39 is 5.97 Å². The predicted molar refractivity (Wildman–Crippen MR) is 58.1 cm³/mol. The van der Waals surface area contributed by atoms with E-state index in [9.17, 15) is 4.79 Å². The minimum absolute atomic E-state index is 0.276. The lowest BCUT2D eigenvalue weighted by molar-refractivity contribution is 0.0602. The third-order valence-corrected chi connectivity index (χ3v) is 1.79. The Kier molecular flexibility index (Phi) is 3.72. The zero-order valence-electron chi connectivity index (χ0n) is 8.41. The fourth-order valence-electron chi connectivity index (χ4n) is 1.07. The Labute approximate surface area is 88.2 Å². The van der Waals surface area contributed by atoms with Crippen molar-refractivity contribution in [2.45, 2.75) is 0 Å². The van der Waals surface area contributed by atoms with Crippen LogP contribution in [0.5, 0.6) is 0 Å². The number of benzene rings is 1. The molecule has 0 aromatic heterocycles. The molecule has 0 aliphatic carbocycles. The molecule has 0 amide bonds. The minimum Gasteiger partial charge on any atom is -0.465 e. The van der Waals surface area contributed by atoms with Crippen LogP contribution in [0, 0.1) is 11.8 Å². The molecule has 1 aromatic carbocycles. The van der Waals surface area contributed by atoms with Crippen LogP contribution in [0.2, 0.25) is 0 Å². The normalized spacial score (nSPS) is 8.93. The SMILES string of the molecule is COC(=O)c1cc(C#CCN)ccc1N. The summed E-state index contributed by atoms with van der Waals surface area (Å²) in [5.41, 5.74) is 12.2. The number of anilines is 1. The largest absolute Gasteiger partial charge is 0.465 e. The summed E-state index contributed by atoms with van der Waals surface area (Å²) in [6, 6.07) is 4.93. The van der Waals surface area contributed by atoms with Gasteiger partial charge in [-0.1, -0.05) is 11.8 Å². The van der Waals surface area contributed by atoms with Crippen LogP contribution in [0.25, 0.3) is 0 Å². The molecule has 15 heavy (non-hydrogen) atoms. The average Bonchev–Trinajstić information content (AvgIpc) is 2.27. The number of methoxy groups -OCH3 is 1. The van der Waals surface area contributed by atoms with Crippen molar-refractivity contribution in [3.8, 4) is 11.8 Å². The van der Waals surface area contributed by atoms with Gasteiger partial charge in [0.15, 0.2) is 0 Å². The van der Waals surface area contributed by atoms with Crippen LogP contribution < -0.4 is 11.5 Å². The minimum atomic E-state index is -0.469. The van der Waals surface area contributed by atoms with E-state index >= 15 is 0 Å². The van der Waals surface area contributed by atoms with Crippen molar-refractivity contribution in [2.24, 2.45) is 5.73 Å². The average molecular weight is 204 g/mol. The van der Waals surface area contributed by atoms with Crippen LogP contribution in [-0.4, -0.2) is 19.6 Å². The zero-order chi connectivity index (χ0) is 11.3. The molecule has 0 spiro atoms. The number of nitrogen functional groups attached to an aromatic ring is 1. The molecular formula is C11H12N2O2. The summed E-state index contributed by atoms with van der Waals surface area (Å²) in [4.78, 5) is 11.3. The smallest absolute Gasteiger partial charge is 0.339 e. The maximum absolute atomic E-state index is 11.3. The molecule has 4 heteroatoms. The molecule has 0 aliphatic heterocycles. The summed E-state index contributed by atoms with van der Waals surface area (Å²) in [6.45, 7) is 0.276. The van der Waals surface area contributed by atoms with Gasteiger partial charge in [0.2, 0.25) is 0 Å². The molecule has 0 bridgehead atoms. The van der Waals surface area contributed by atoms with Crippen LogP contribution >= 0.6 is 0 Å². The van der Waals surface area contributed by atoms with Crippen molar-refractivity contribution in [3.05, 3.63) is 29.3 Å². The Hall–Kier alpha value is -1.99. The zero-order valence-corrected chi connectivity index (χ0v) is 8.41. The van der Waals surface area contributed by atoms with Crippen LogP contribution in [0.15, 0.2) is 18.2 Å². The molecule has 4 nitrogen and oxygen atoms in total. The summed E-state index contributed by atoms with van der Waals surface area (Å²) in [5.74, 6) is 5.04. The van der Waals surface area contributed by atoms with E-state index in [4.69, 9.17) is 11.5 Å². The molecule has 0 aliphatic rings. The number of rotatable bonds is 1. The van der Waals surface area contributed by atoms with Crippen LogP contribution in [0.3, 0.4) is 0 Å². The highest BCUT2D eigenvalue weighted by Crippen LogP contribution is 2.14. The van der Waals surface area contributed by atoms with Gasteiger partial charge in [-0.15, -0.1) is 0 Å². The third-order valence-electron chi connectivity index (χ3n) is 1.79. The van der Waals surface area contributed by atoms with Crippen molar-refractivity contribution < 1.29 is 9.53 Å². The van der Waals surface area contributed by atoms with Gasteiger partial charge < -0.3 is 16.2 Å². The molecule has 78 valence electrons. The number of hydrogen-bond donors (Lipinski definition) is 2. The van der Waals surface area contributed by atoms with Gasteiger partial charge in [-0.05, 0) is 18.2 Å². The molecule has 1 rings (SSSR count). The van der Waals surface area contributed by atoms with Crippen molar-refractivity contribution in [2.75, 3.05) is 19.4 Å². The first-order valence-corrected chi connectivity index (χ1v) is 4.36. The Morgan fingerprint density at radius 1 is 1.53 bits per heavy atom. The summed E-state index contributed by atoms with van der Waals surface area (Å²) in [6.07, 6.45) is 0. The molecule has 0 heterocycles. The highest BCUT2D eigenvalue weighted by molar-refractivity contribution is 5.95. The monoisotopic (exact) mass is 204 g/mol. The van der Waals surface area contributed by atoms with Gasteiger partial charge in [-0.25, -0.2) is 4.79 Å². The lowest BCUT2D eigenvalue weighted by Crippen LogP contribution is -2.05. The summed E-state index contributed by atoms with van der Waals surface area (Å²) >= 11 is 0. The number of nitrogens with two attached hydrogens (primary N) is 2. The van der Waals surface area contributed by atoms with Gasteiger partial charge in [-0.2, -0.15) is 0 Å². The summed E-state index contributed by atoms with van der Waals surface area (Å²) in [7, 11) is 1.31. The first-order valence-electron chi connectivity index (χ1n) is 4.36. The first kappa shape index (κ1) is 11.1. The molecule has 1 aromatic rings. The summed E-state index contributed by atoms with van der Waals surface area (Å²) < 4.78 is 4.58.